The van der Waals surface area contributed by atoms with Gasteiger partial charge in [0.05, 0.1) is 6.54 Å². The Kier molecular flexibility index (Phi) is 6.31. The standard InChI is InChI=1S/C9H17F3N2O/c1-7(14-6-8(15)13-2)4-3-5-9(10,11)12/h7,14H,3-6H2,1-2H3,(H,13,15). The van der Waals surface area contributed by atoms with Crippen LogP contribution in [-0.4, -0.2) is 31.7 Å². The molecule has 0 radical (unpaired) electrons. The molecule has 0 spiro atoms. The molecule has 2 N–H and O–H groups in total. The first-order chi connectivity index (χ1) is 6.85. The lowest BCUT2D eigenvalue weighted by Crippen LogP contribution is -2.36. The van der Waals surface area contributed by atoms with Crippen LogP contribution in [-0.2, 0) is 4.79 Å². The molecule has 0 aliphatic rings. The number of carbonyl (C=O) groups excluding carboxylic acids is 1. The largest absolute Gasteiger partial charge is 0.389 e. The van der Waals surface area contributed by atoms with Crippen molar-refractivity contribution in [2.75, 3.05) is 13.6 Å². The number of hydrogen-bond acceptors (Lipinski definition) is 2. The Balaban J connectivity index is 3.49. The molecule has 6 heteroatoms. The number of halogens is 3. The van der Waals surface area contributed by atoms with Crippen molar-refractivity contribution in [3.05, 3.63) is 0 Å². The van der Waals surface area contributed by atoms with Gasteiger partial charge >= 0.3 is 6.18 Å². The van der Waals surface area contributed by atoms with E-state index in [0.717, 1.165) is 0 Å². The van der Waals surface area contributed by atoms with E-state index in [1.54, 1.807) is 6.92 Å². The SMILES string of the molecule is CNC(=O)CNC(C)CCCC(F)(F)F. The minimum Gasteiger partial charge on any atom is -0.358 e. The molecule has 0 saturated heterocycles. The normalized spacial score (nSPS) is 13.7. The summed E-state index contributed by atoms with van der Waals surface area (Å²) in [4.78, 5) is 10.8. The smallest absolute Gasteiger partial charge is 0.358 e. The van der Waals surface area contributed by atoms with Crippen molar-refractivity contribution in [3.63, 3.8) is 0 Å². The average molecular weight is 226 g/mol. The summed E-state index contributed by atoms with van der Waals surface area (Å²) in [7, 11) is 1.51. The van der Waals surface area contributed by atoms with Gasteiger partial charge in [0.2, 0.25) is 5.91 Å². The summed E-state index contributed by atoms with van der Waals surface area (Å²) in [5.41, 5.74) is 0. The zero-order valence-corrected chi connectivity index (χ0v) is 8.95. The molecule has 1 amide bonds. The number of likely N-dealkylation sites (N-methyl/N-ethyl adjacent to an activating group) is 1. The van der Waals surface area contributed by atoms with Crippen LogP contribution in [0.5, 0.6) is 0 Å². The highest BCUT2D eigenvalue weighted by molar-refractivity contribution is 5.77. The fourth-order valence-electron chi connectivity index (χ4n) is 1.07. The fraction of sp³-hybridized carbons (Fsp3) is 0.889. The van der Waals surface area contributed by atoms with Gasteiger partial charge in [0.25, 0.3) is 0 Å². The van der Waals surface area contributed by atoms with E-state index in [0.29, 0.717) is 6.42 Å². The van der Waals surface area contributed by atoms with Gasteiger partial charge in [0.1, 0.15) is 0 Å². The molecule has 0 heterocycles. The van der Waals surface area contributed by atoms with Crippen molar-refractivity contribution in [1.82, 2.24) is 10.6 Å². The Labute approximate surface area is 87.4 Å². The predicted molar refractivity (Wildman–Crippen MR) is 51.4 cm³/mol. The molecule has 90 valence electrons. The Morgan fingerprint density at radius 2 is 2.00 bits per heavy atom. The van der Waals surface area contributed by atoms with Gasteiger partial charge in [-0.15, -0.1) is 0 Å². The summed E-state index contributed by atoms with van der Waals surface area (Å²) in [6.07, 6.45) is -4.35. The third kappa shape index (κ3) is 9.52. The Morgan fingerprint density at radius 3 is 2.47 bits per heavy atom. The van der Waals surface area contributed by atoms with Gasteiger partial charge in [-0.25, -0.2) is 0 Å². The molecule has 0 aromatic carbocycles. The quantitative estimate of drug-likeness (QED) is 0.719. The Hall–Kier alpha value is -0.780. The zero-order chi connectivity index (χ0) is 11.9. The molecule has 1 atom stereocenters. The summed E-state index contributed by atoms with van der Waals surface area (Å²) >= 11 is 0. The predicted octanol–water partition coefficient (Wildman–Crippen LogP) is 1.44. The number of alkyl halides is 3. The molecule has 0 aromatic heterocycles. The minimum atomic E-state index is -4.08. The van der Waals surface area contributed by atoms with Crippen LogP contribution in [0.25, 0.3) is 0 Å². The number of carbonyl (C=O) groups is 1. The van der Waals surface area contributed by atoms with E-state index in [4.69, 9.17) is 0 Å². The highest BCUT2D eigenvalue weighted by Gasteiger charge is 2.26. The maximum atomic E-state index is 11.8. The van der Waals surface area contributed by atoms with Crippen molar-refractivity contribution in [3.8, 4) is 0 Å². The highest BCUT2D eigenvalue weighted by atomic mass is 19.4. The van der Waals surface area contributed by atoms with Gasteiger partial charge in [0, 0.05) is 19.5 Å². The fourth-order valence-corrected chi connectivity index (χ4v) is 1.07. The van der Waals surface area contributed by atoms with Gasteiger partial charge in [0.15, 0.2) is 0 Å². The second-order valence-electron chi connectivity index (χ2n) is 3.46. The van der Waals surface area contributed by atoms with E-state index < -0.39 is 12.6 Å². The minimum absolute atomic E-state index is 0.0790. The second kappa shape index (κ2) is 6.66. The number of hydrogen-bond donors (Lipinski definition) is 2. The lowest BCUT2D eigenvalue weighted by Gasteiger charge is -2.13. The average Bonchev–Trinajstić information content (AvgIpc) is 2.12. The van der Waals surface area contributed by atoms with Crippen molar-refractivity contribution in [2.45, 2.75) is 38.4 Å². The van der Waals surface area contributed by atoms with Crippen molar-refractivity contribution in [2.24, 2.45) is 0 Å². The Morgan fingerprint density at radius 1 is 1.40 bits per heavy atom. The lowest BCUT2D eigenvalue weighted by molar-refractivity contribution is -0.136. The van der Waals surface area contributed by atoms with Gasteiger partial charge in [-0.1, -0.05) is 0 Å². The van der Waals surface area contributed by atoms with Crippen LogP contribution >= 0.6 is 0 Å². The summed E-state index contributed by atoms with van der Waals surface area (Å²) < 4.78 is 35.4. The van der Waals surface area contributed by atoms with Crippen LogP contribution in [0, 0.1) is 0 Å². The number of nitrogens with one attached hydrogen (secondary N) is 2. The van der Waals surface area contributed by atoms with Crippen molar-refractivity contribution >= 4 is 5.91 Å². The molecule has 0 bridgehead atoms. The van der Waals surface area contributed by atoms with Crippen LogP contribution in [0.1, 0.15) is 26.2 Å². The molecule has 0 rings (SSSR count). The molecule has 3 nitrogen and oxygen atoms in total. The lowest BCUT2D eigenvalue weighted by atomic mass is 10.1. The topological polar surface area (TPSA) is 41.1 Å². The van der Waals surface area contributed by atoms with Crippen LogP contribution in [0.4, 0.5) is 13.2 Å². The Bertz CT molecular complexity index is 194. The third-order valence-corrected chi connectivity index (χ3v) is 1.99. The summed E-state index contributed by atoms with van der Waals surface area (Å²) in [6.45, 7) is 1.91. The van der Waals surface area contributed by atoms with Gasteiger partial charge in [-0.3, -0.25) is 4.79 Å². The van der Waals surface area contributed by atoms with E-state index in [1.807, 2.05) is 0 Å². The van der Waals surface area contributed by atoms with E-state index in [-0.39, 0.29) is 24.9 Å². The summed E-state index contributed by atoms with van der Waals surface area (Å²) in [5, 5.41) is 5.26. The molecule has 0 fully saturated rings. The monoisotopic (exact) mass is 226 g/mol. The first-order valence-electron chi connectivity index (χ1n) is 4.86. The first-order valence-corrected chi connectivity index (χ1v) is 4.86. The highest BCUT2D eigenvalue weighted by Crippen LogP contribution is 2.22. The van der Waals surface area contributed by atoms with Crippen LogP contribution in [0.3, 0.4) is 0 Å². The molecule has 0 aromatic rings. The van der Waals surface area contributed by atoms with E-state index in [1.165, 1.54) is 7.05 Å². The molecule has 15 heavy (non-hydrogen) atoms. The van der Waals surface area contributed by atoms with Gasteiger partial charge in [-0.05, 0) is 19.8 Å². The summed E-state index contributed by atoms with van der Waals surface area (Å²) in [6, 6.07) is -0.0790. The molecule has 1 unspecified atom stereocenters. The third-order valence-electron chi connectivity index (χ3n) is 1.99. The van der Waals surface area contributed by atoms with E-state index in [2.05, 4.69) is 10.6 Å². The van der Waals surface area contributed by atoms with E-state index in [9.17, 15) is 18.0 Å². The summed E-state index contributed by atoms with van der Waals surface area (Å²) in [5.74, 6) is -0.169. The zero-order valence-electron chi connectivity index (χ0n) is 8.95. The maximum absolute atomic E-state index is 11.8. The molecule has 0 aliphatic carbocycles. The molecular weight excluding hydrogens is 209 g/mol. The van der Waals surface area contributed by atoms with Gasteiger partial charge in [-0.2, -0.15) is 13.2 Å². The maximum Gasteiger partial charge on any atom is 0.389 e. The van der Waals surface area contributed by atoms with E-state index >= 15 is 0 Å². The van der Waals surface area contributed by atoms with Crippen LogP contribution in [0.2, 0.25) is 0 Å². The number of amides is 1. The molecule has 0 aliphatic heterocycles. The molecule has 0 saturated carbocycles. The second-order valence-corrected chi connectivity index (χ2v) is 3.46. The first kappa shape index (κ1) is 14.2. The molecular formula is C9H17F3N2O. The van der Waals surface area contributed by atoms with Crippen molar-refractivity contribution < 1.29 is 18.0 Å². The van der Waals surface area contributed by atoms with Gasteiger partial charge < -0.3 is 10.6 Å². The van der Waals surface area contributed by atoms with Crippen LogP contribution in [0.15, 0.2) is 0 Å². The van der Waals surface area contributed by atoms with Crippen molar-refractivity contribution in [1.29, 1.82) is 0 Å². The number of rotatable bonds is 6. The van der Waals surface area contributed by atoms with Crippen LogP contribution < -0.4 is 10.6 Å².